The second-order valence-electron chi connectivity index (χ2n) is 14.8. The molecular weight excluding hydrogens is 677 g/mol. The molecule has 0 aliphatic rings. The van der Waals surface area contributed by atoms with Gasteiger partial charge in [-0.25, -0.2) is 4.79 Å². The average molecular weight is 745 g/mol. The van der Waals surface area contributed by atoms with E-state index in [2.05, 4.69) is 44.1 Å². The number of hydrogen-bond donors (Lipinski definition) is 0. The first-order valence-corrected chi connectivity index (χ1v) is 21.4. The summed E-state index contributed by atoms with van der Waals surface area (Å²) in [4.78, 5) is 12.2. The molecule has 0 heterocycles. The third-order valence-electron chi connectivity index (χ3n) is 9.75. The Labute approximate surface area is 334 Å². The van der Waals surface area contributed by atoms with Gasteiger partial charge in [0.05, 0.1) is 13.2 Å². The molecule has 3 rings (SSSR count). The molecular formula is C51H68O4. The third kappa shape index (κ3) is 20.7. The largest absolute Gasteiger partial charge is 0.494 e. The summed E-state index contributed by atoms with van der Waals surface area (Å²) in [7, 11) is 0. The van der Waals surface area contributed by atoms with Crippen molar-refractivity contribution in [3.05, 3.63) is 107 Å². The molecule has 0 bridgehead atoms. The van der Waals surface area contributed by atoms with Crippen molar-refractivity contribution in [2.45, 2.75) is 156 Å². The molecule has 55 heavy (non-hydrogen) atoms. The first-order chi connectivity index (χ1) is 27.0. The van der Waals surface area contributed by atoms with E-state index in [0.29, 0.717) is 5.57 Å². The van der Waals surface area contributed by atoms with Gasteiger partial charge in [-0.15, -0.1) is 0 Å². The topological polar surface area (TPSA) is 44.8 Å². The molecule has 3 aromatic carbocycles. The first-order valence-electron chi connectivity index (χ1n) is 21.4. The van der Waals surface area contributed by atoms with E-state index < -0.39 is 5.97 Å². The van der Waals surface area contributed by atoms with Gasteiger partial charge in [0.15, 0.2) is 0 Å². The lowest BCUT2D eigenvalue weighted by Crippen LogP contribution is -2.06. The fourth-order valence-electron chi connectivity index (χ4n) is 6.29. The number of benzene rings is 3. The summed E-state index contributed by atoms with van der Waals surface area (Å²) in [6.07, 6.45) is 26.2. The van der Waals surface area contributed by atoms with Crippen molar-refractivity contribution in [1.82, 2.24) is 0 Å². The molecule has 0 amide bonds. The summed E-state index contributed by atoms with van der Waals surface area (Å²) in [5.74, 6) is 14.4. The van der Waals surface area contributed by atoms with Crippen LogP contribution in [0.4, 0.5) is 0 Å². The van der Waals surface area contributed by atoms with Crippen molar-refractivity contribution in [1.29, 1.82) is 0 Å². The van der Waals surface area contributed by atoms with Crippen LogP contribution in [0.2, 0.25) is 0 Å². The highest BCUT2D eigenvalue weighted by Gasteiger charge is 2.08. The summed E-state index contributed by atoms with van der Waals surface area (Å²) in [5, 5.41) is 0. The van der Waals surface area contributed by atoms with Crippen molar-refractivity contribution in [3.8, 4) is 35.2 Å². The van der Waals surface area contributed by atoms with Gasteiger partial charge in [0.2, 0.25) is 0 Å². The summed E-state index contributed by atoms with van der Waals surface area (Å²) in [5.41, 5.74) is 4.54. The van der Waals surface area contributed by atoms with Crippen molar-refractivity contribution in [3.63, 3.8) is 0 Å². The minimum Gasteiger partial charge on any atom is -0.494 e. The van der Waals surface area contributed by atoms with Gasteiger partial charge < -0.3 is 14.2 Å². The van der Waals surface area contributed by atoms with Gasteiger partial charge in [-0.2, -0.15) is 0 Å². The maximum absolute atomic E-state index is 12.2. The molecule has 4 nitrogen and oxygen atoms in total. The number of unbranched alkanes of at least 4 members (excludes halogenated alkanes) is 18. The summed E-state index contributed by atoms with van der Waals surface area (Å²) >= 11 is 0. The molecule has 0 radical (unpaired) electrons. The second kappa shape index (κ2) is 29.0. The maximum atomic E-state index is 12.2. The number of esters is 1. The quantitative estimate of drug-likeness (QED) is 0.0337. The molecule has 0 aliphatic heterocycles. The van der Waals surface area contributed by atoms with E-state index in [4.69, 9.17) is 14.2 Å². The summed E-state index contributed by atoms with van der Waals surface area (Å²) in [6.45, 7) is 11.5. The monoisotopic (exact) mass is 745 g/mol. The van der Waals surface area contributed by atoms with Crippen molar-refractivity contribution < 1.29 is 19.0 Å². The van der Waals surface area contributed by atoms with Gasteiger partial charge in [0, 0.05) is 33.4 Å². The van der Waals surface area contributed by atoms with Gasteiger partial charge in [-0.05, 0) is 86.5 Å². The third-order valence-corrected chi connectivity index (χ3v) is 9.75. The highest BCUT2D eigenvalue weighted by molar-refractivity contribution is 5.86. The van der Waals surface area contributed by atoms with Crippen molar-refractivity contribution >= 4 is 5.97 Å². The standard InChI is InChI=1S/C51H68O4/c1-5-7-9-11-13-15-17-19-21-23-39-53-49-35-29-44(30-36-49)25-26-46-28-34-47(48(41-46)42-55-51(52)43(3)4)33-27-45-31-37-50(38-32-45)54-40-24-22-20-18-16-14-12-10-8-6-2/h28-32,34-38,41H,3,5-24,39-40,42H2,1-2,4H3. The molecule has 0 atom stereocenters. The predicted molar refractivity (Wildman–Crippen MR) is 231 cm³/mol. The van der Waals surface area contributed by atoms with Gasteiger partial charge >= 0.3 is 5.97 Å². The van der Waals surface area contributed by atoms with Crippen molar-refractivity contribution in [2.75, 3.05) is 13.2 Å². The molecule has 0 saturated carbocycles. The molecule has 4 heteroatoms. The number of carbonyl (C=O) groups is 1. The zero-order valence-corrected chi connectivity index (χ0v) is 34.5. The second-order valence-corrected chi connectivity index (χ2v) is 14.8. The smallest absolute Gasteiger partial charge is 0.333 e. The molecule has 0 saturated heterocycles. The predicted octanol–water partition coefficient (Wildman–Crippen LogP) is 13.7. The van der Waals surface area contributed by atoms with Gasteiger partial charge in [0.25, 0.3) is 0 Å². The molecule has 3 aromatic rings. The molecule has 0 aliphatic carbocycles. The fourth-order valence-corrected chi connectivity index (χ4v) is 6.29. The minimum absolute atomic E-state index is 0.0854. The van der Waals surface area contributed by atoms with Gasteiger partial charge in [0.1, 0.15) is 18.1 Å². The Bertz CT molecular complexity index is 1630. The van der Waals surface area contributed by atoms with Crippen LogP contribution < -0.4 is 9.47 Å². The molecule has 296 valence electrons. The van der Waals surface area contributed by atoms with E-state index in [9.17, 15) is 4.79 Å². The van der Waals surface area contributed by atoms with Crippen LogP contribution in [0, 0.1) is 23.7 Å². The lowest BCUT2D eigenvalue weighted by molar-refractivity contribution is -0.140. The fraction of sp³-hybridized carbons (Fsp3) is 0.510. The van der Waals surface area contributed by atoms with Crippen LogP contribution >= 0.6 is 0 Å². The average Bonchev–Trinajstić information content (AvgIpc) is 3.20. The van der Waals surface area contributed by atoms with Crippen LogP contribution in [0.25, 0.3) is 0 Å². The van der Waals surface area contributed by atoms with E-state index in [1.807, 2.05) is 66.7 Å². The van der Waals surface area contributed by atoms with Crippen LogP contribution in [0.1, 0.15) is 177 Å². The van der Waals surface area contributed by atoms with E-state index >= 15 is 0 Å². The SMILES string of the molecule is C=C(C)C(=O)OCc1cc(C#Cc2ccc(OCCCCCCCCCCCC)cc2)ccc1C#Cc1ccc(OCCCCCCCCCCCC)cc1. The van der Waals surface area contributed by atoms with Gasteiger partial charge in [-0.1, -0.05) is 160 Å². The zero-order chi connectivity index (χ0) is 39.2. The lowest BCUT2D eigenvalue weighted by Gasteiger charge is -2.08. The first kappa shape index (κ1) is 45.0. The minimum atomic E-state index is -0.431. The lowest BCUT2D eigenvalue weighted by atomic mass is 10.0. The van der Waals surface area contributed by atoms with E-state index in [0.717, 1.165) is 65.4 Å². The Morgan fingerprint density at radius 3 is 1.33 bits per heavy atom. The van der Waals surface area contributed by atoms with E-state index in [-0.39, 0.29) is 6.61 Å². The Morgan fingerprint density at radius 2 is 0.891 bits per heavy atom. The molecule has 0 N–H and O–H groups in total. The van der Waals surface area contributed by atoms with Crippen LogP contribution in [-0.4, -0.2) is 19.2 Å². The van der Waals surface area contributed by atoms with Crippen molar-refractivity contribution in [2.24, 2.45) is 0 Å². The maximum Gasteiger partial charge on any atom is 0.333 e. The molecule has 0 fully saturated rings. The van der Waals surface area contributed by atoms with Crippen LogP contribution in [-0.2, 0) is 16.1 Å². The normalized spacial score (nSPS) is 10.5. The summed E-state index contributed by atoms with van der Waals surface area (Å²) < 4.78 is 17.5. The highest BCUT2D eigenvalue weighted by atomic mass is 16.5. The van der Waals surface area contributed by atoms with E-state index in [1.54, 1.807) is 6.92 Å². The molecule has 0 spiro atoms. The Hall–Kier alpha value is -4.41. The summed E-state index contributed by atoms with van der Waals surface area (Å²) in [6, 6.07) is 21.7. The molecule has 0 unspecified atom stereocenters. The van der Waals surface area contributed by atoms with Crippen LogP contribution in [0.3, 0.4) is 0 Å². The Kier molecular flexibility index (Phi) is 23.7. The number of hydrogen-bond acceptors (Lipinski definition) is 4. The Morgan fingerprint density at radius 1 is 0.509 bits per heavy atom. The van der Waals surface area contributed by atoms with Crippen LogP contribution in [0.15, 0.2) is 78.9 Å². The van der Waals surface area contributed by atoms with Gasteiger partial charge in [-0.3, -0.25) is 0 Å². The van der Waals surface area contributed by atoms with Crippen LogP contribution in [0.5, 0.6) is 11.5 Å². The number of carbonyl (C=O) groups excluding carboxylic acids is 1. The number of ether oxygens (including phenoxy) is 3. The highest BCUT2D eigenvalue weighted by Crippen LogP contribution is 2.18. The zero-order valence-electron chi connectivity index (χ0n) is 34.5. The molecule has 0 aromatic heterocycles. The number of rotatable bonds is 27. The van der Waals surface area contributed by atoms with E-state index in [1.165, 1.54) is 116 Å². The Balaban J connectivity index is 1.48.